The quantitative estimate of drug-likeness (QED) is 0.186. The smallest absolute Gasteiger partial charge is 0.164 e. The van der Waals surface area contributed by atoms with E-state index in [1.54, 1.807) is 0 Å². The fraction of sp³-hybridized carbons (Fsp3) is 0.0217. The first-order valence-electron chi connectivity index (χ1n) is 17.2. The molecule has 0 aliphatic rings. The van der Waals surface area contributed by atoms with Gasteiger partial charge in [-0.1, -0.05) is 109 Å². The summed E-state index contributed by atoms with van der Waals surface area (Å²) in [5.41, 5.74) is 9.71. The van der Waals surface area contributed by atoms with Crippen LogP contribution in [0.3, 0.4) is 0 Å². The van der Waals surface area contributed by atoms with Crippen molar-refractivity contribution in [2.45, 2.75) is 6.92 Å². The number of aryl methyl sites for hydroxylation is 1. The van der Waals surface area contributed by atoms with Crippen LogP contribution in [-0.4, -0.2) is 24.1 Å². The number of benzene rings is 7. The van der Waals surface area contributed by atoms with Crippen LogP contribution < -0.4 is 0 Å². The van der Waals surface area contributed by atoms with Crippen molar-refractivity contribution in [1.82, 2.24) is 24.1 Å². The molecular weight excluding hydrogens is 623 g/mol. The van der Waals surface area contributed by atoms with Gasteiger partial charge in [0.15, 0.2) is 17.5 Å². The fourth-order valence-corrected chi connectivity index (χ4v) is 7.55. The molecule has 0 aliphatic heterocycles. The van der Waals surface area contributed by atoms with Crippen molar-refractivity contribution < 1.29 is 0 Å². The van der Waals surface area contributed by atoms with Crippen LogP contribution in [0.4, 0.5) is 0 Å². The Balaban J connectivity index is 1.18. The van der Waals surface area contributed by atoms with Gasteiger partial charge in [0, 0.05) is 50.4 Å². The summed E-state index contributed by atoms with van der Waals surface area (Å²) in [7, 11) is 0. The third kappa shape index (κ3) is 4.82. The molecule has 10 aromatic rings. The maximum Gasteiger partial charge on any atom is 0.164 e. The van der Waals surface area contributed by atoms with Gasteiger partial charge in [-0.3, -0.25) is 0 Å². The van der Waals surface area contributed by atoms with Gasteiger partial charge in [-0.25, -0.2) is 15.0 Å². The molecule has 7 aromatic carbocycles. The Hall–Kier alpha value is -6.85. The van der Waals surface area contributed by atoms with Gasteiger partial charge in [0.25, 0.3) is 0 Å². The molecule has 10 rings (SSSR count). The van der Waals surface area contributed by atoms with Crippen LogP contribution in [0.1, 0.15) is 5.56 Å². The van der Waals surface area contributed by atoms with E-state index in [2.05, 4.69) is 125 Å². The number of rotatable bonds is 5. The highest BCUT2D eigenvalue weighted by Crippen LogP contribution is 2.40. The van der Waals surface area contributed by atoms with Gasteiger partial charge in [-0.15, -0.1) is 0 Å². The molecule has 240 valence electrons. The van der Waals surface area contributed by atoms with Gasteiger partial charge in [0.1, 0.15) is 0 Å². The summed E-state index contributed by atoms with van der Waals surface area (Å²) in [6.45, 7) is 2.14. The topological polar surface area (TPSA) is 48.5 Å². The molecule has 0 unspecified atom stereocenters. The summed E-state index contributed by atoms with van der Waals surface area (Å²) >= 11 is 0. The molecule has 3 aromatic heterocycles. The van der Waals surface area contributed by atoms with Crippen molar-refractivity contribution in [3.8, 4) is 45.5 Å². The first kappa shape index (κ1) is 29.1. The Morgan fingerprint density at radius 1 is 0.392 bits per heavy atom. The lowest BCUT2D eigenvalue weighted by atomic mass is 10.0. The third-order valence-corrected chi connectivity index (χ3v) is 9.81. The Morgan fingerprint density at radius 3 is 1.69 bits per heavy atom. The van der Waals surface area contributed by atoms with Gasteiger partial charge in [0.05, 0.1) is 16.6 Å². The van der Waals surface area contributed by atoms with Crippen molar-refractivity contribution in [2.75, 3.05) is 0 Å². The highest BCUT2D eigenvalue weighted by molar-refractivity contribution is 6.25. The maximum absolute atomic E-state index is 5.05. The normalized spacial score (nSPS) is 11.6. The van der Waals surface area contributed by atoms with Crippen LogP contribution >= 0.6 is 0 Å². The van der Waals surface area contributed by atoms with E-state index in [0.717, 1.165) is 44.7 Å². The minimum Gasteiger partial charge on any atom is -0.317 e. The summed E-state index contributed by atoms with van der Waals surface area (Å²) in [4.78, 5) is 15.0. The van der Waals surface area contributed by atoms with E-state index in [1.165, 1.54) is 32.4 Å². The van der Waals surface area contributed by atoms with Crippen LogP contribution in [0.2, 0.25) is 0 Å². The first-order chi connectivity index (χ1) is 25.2. The van der Waals surface area contributed by atoms with Gasteiger partial charge in [-0.2, -0.15) is 0 Å². The van der Waals surface area contributed by atoms with E-state index in [1.807, 2.05) is 60.7 Å². The average Bonchev–Trinajstić information content (AvgIpc) is 3.78. The molecule has 5 heteroatoms. The predicted octanol–water partition coefficient (Wildman–Crippen LogP) is 11.4. The van der Waals surface area contributed by atoms with Crippen molar-refractivity contribution in [2.24, 2.45) is 0 Å². The Labute approximate surface area is 294 Å². The van der Waals surface area contributed by atoms with Gasteiger partial charge >= 0.3 is 0 Å². The molecule has 5 nitrogen and oxygen atoms in total. The molecule has 0 saturated heterocycles. The van der Waals surface area contributed by atoms with Crippen LogP contribution in [-0.2, 0) is 0 Å². The molecule has 0 amide bonds. The molecule has 3 heterocycles. The van der Waals surface area contributed by atoms with Gasteiger partial charge in [0.2, 0.25) is 0 Å². The number of nitrogens with zero attached hydrogens (tertiary/aromatic N) is 5. The molecule has 0 saturated carbocycles. The number of aromatic nitrogens is 5. The third-order valence-electron chi connectivity index (χ3n) is 9.81. The second-order valence-electron chi connectivity index (χ2n) is 13.0. The number of hydrogen-bond acceptors (Lipinski definition) is 3. The number of hydrogen-bond donors (Lipinski definition) is 0. The molecular formula is C46H31N5. The van der Waals surface area contributed by atoms with Crippen LogP contribution in [0.25, 0.3) is 89.0 Å². The van der Waals surface area contributed by atoms with Gasteiger partial charge < -0.3 is 9.13 Å². The molecule has 0 fully saturated rings. The number of fused-ring (bicyclic) bond motifs is 7. The summed E-state index contributed by atoms with van der Waals surface area (Å²) in [5.74, 6) is 1.95. The Morgan fingerprint density at radius 2 is 0.980 bits per heavy atom. The Kier molecular flexibility index (Phi) is 6.64. The highest BCUT2D eigenvalue weighted by atomic mass is 15.0. The molecule has 0 N–H and O–H groups in total. The monoisotopic (exact) mass is 653 g/mol. The lowest BCUT2D eigenvalue weighted by Crippen LogP contribution is -2.01. The minimum atomic E-state index is 0.643. The van der Waals surface area contributed by atoms with Crippen molar-refractivity contribution in [3.63, 3.8) is 0 Å². The molecule has 0 radical (unpaired) electrons. The van der Waals surface area contributed by atoms with E-state index in [-0.39, 0.29) is 0 Å². The molecule has 0 bridgehead atoms. The zero-order valence-corrected chi connectivity index (χ0v) is 27.9. The van der Waals surface area contributed by atoms with Crippen molar-refractivity contribution in [3.05, 3.63) is 176 Å². The largest absolute Gasteiger partial charge is 0.317 e. The van der Waals surface area contributed by atoms with Gasteiger partial charge in [-0.05, 0) is 77.9 Å². The fourth-order valence-electron chi connectivity index (χ4n) is 7.55. The van der Waals surface area contributed by atoms with Crippen LogP contribution in [0.15, 0.2) is 170 Å². The standard InChI is InChI=1S/C46H31N5/c1-30-27-33(46-48-44(31-13-5-2-6-14-31)47-45(49-46)32-15-7-3-8-16-32)29-35(28-30)51-41-20-12-11-19-39(41)43-38-22-23-40-37(36(38)21-24-42(43)51)25-26-50(40)34-17-9-4-10-18-34/h2-29H,1H3. The van der Waals surface area contributed by atoms with E-state index in [0.29, 0.717) is 17.5 Å². The lowest BCUT2D eigenvalue weighted by Gasteiger charge is -2.13. The summed E-state index contributed by atoms with van der Waals surface area (Å²) < 4.78 is 4.65. The van der Waals surface area contributed by atoms with E-state index >= 15 is 0 Å². The number of para-hydroxylation sites is 2. The zero-order chi connectivity index (χ0) is 33.9. The minimum absolute atomic E-state index is 0.643. The van der Waals surface area contributed by atoms with E-state index in [4.69, 9.17) is 15.0 Å². The zero-order valence-electron chi connectivity index (χ0n) is 27.9. The first-order valence-corrected chi connectivity index (χ1v) is 17.2. The molecule has 51 heavy (non-hydrogen) atoms. The van der Waals surface area contributed by atoms with E-state index in [9.17, 15) is 0 Å². The Bertz CT molecular complexity index is 2850. The van der Waals surface area contributed by atoms with E-state index < -0.39 is 0 Å². The maximum atomic E-state index is 5.05. The molecule has 0 atom stereocenters. The summed E-state index contributed by atoms with van der Waals surface area (Å²) in [5, 5.41) is 6.20. The predicted molar refractivity (Wildman–Crippen MR) is 210 cm³/mol. The van der Waals surface area contributed by atoms with Crippen molar-refractivity contribution in [1.29, 1.82) is 0 Å². The highest BCUT2D eigenvalue weighted by Gasteiger charge is 2.19. The second kappa shape index (κ2) is 11.6. The summed E-state index contributed by atoms with van der Waals surface area (Å²) in [6, 6.07) is 57.5. The second-order valence-corrected chi connectivity index (χ2v) is 13.0. The van der Waals surface area contributed by atoms with Crippen LogP contribution in [0, 0.1) is 6.92 Å². The molecule has 0 spiro atoms. The average molecular weight is 654 g/mol. The van der Waals surface area contributed by atoms with Crippen molar-refractivity contribution >= 4 is 43.5 Å². The van der Waals surface area contributed by atoms with Crippen LogP contribution in [0.5, 0.6) is 0 Å². The molecule has 0 aliphatic carbocycles. The lowest BCUT2D eigenvalue weighted by molar-refractivity contribution is 1.07. The summed E-state index contributed by atoms with van der Waals surface area (Å²) in [6.07, 6.45) is 2.18. The SMILES string of the molecule is Cc1cc(-c2nc(-c3ccccc3)nc(-c3ccccc3)n2)cc(-n2c3ccccc3c3c4ccc5c(ccn5-c5ccccc5)c4ccc32)c1.